The van der Waals surface area contributed by atoms with Crippen molar-refractivity contribution >= 4 is 0 Å². The van der Waals surface area contributed by atoms with Gasteiger partial charge in [0, 0.05) is 12.0 Å². The fourth-order valence-electron chi connectivity index (χ4n) is 3.24. The summed E-state index contributed by atoms with van der Waals surface area (Å²) in [6, 6.07) is 0. The standard InChI is InChI=1S/C15H31NO/c1-6-12(2)14(5,17)15(11-16)9-7-13(3,4)8-10-15/h12,17H,6-11,16H2,1-5H3. The highest BCUT2D eigenvalue weighted by Crippen LogP contribution is 2.52. The Morgan fingerprint density at radius 1 is 1.24 bits per heavy atom. The molecule has 1 rings (SSSR count). The fourth-order valence-corrected chi connectivity index (χ4v) is 3.24. The molecule has 0 amide bonds. The van der Waals surface area contributed by atoms with E-state index in [0.29, 0.717) is 17.9 Å². The van der Waals surface area contributed by atoms with Crippen LogP contribution in [0.2, 0.25) is 0 Å². The van der Waals surface area contributed by atoms with Crippen LogP contribution in [0.3, 0.4) is 0 Å². The van der Waals surface area contributed by atoms with Crippen molar-refractivity contribution in [2.45, 2.75) is 72.3 Å². The molecule has 0 radical (unpaired) electrons. The molecule has 3 N–H and O–H groups in total. The third kappa shape index (κ3) is 2.68. The van der Waals surface area contributed by atoms with Crippen LogP contribution in [-0.4, -0.2) is 17.3 Å². The van der Waals surface area contributed by atoms with E-state index in [1.807, 2.05) is 6.92 Å². The Kier molecular flexibility index (Phi) is 4.31. The average Bonchev–Trinajstić information content (AvgIpc) is 2.28. The zero-order chi connectivity index (χ0) is 13.3. The third-order valence-corrected chi connectivity index (χ3v) is 5.60. The molecule has 0 aromatic heterocycles. The van der Waals surface area contributed by atoms with Crippen LogP contribution in [0.5, 0.6) is 0 Å². The average molecular weight is 241 g/mol. The van der Waals surface area contributed by atoms with Crippen LogP contribution in [0.4, 0.5) is 0 Å². The highest BCUT2D eigenvalue weighted by molar-refractivity contribution is 5.02. The van der Waals surface area contributed by atoms with Crippen LogP contribution in [-0.2, 0) is 0 Å². The maximum atomic E-state index is 10.9. The molecule has 0 aliphatic heterocycles. The molecule has 2 heteroatoms. The first-order valence-electron chi connectivity index (χ1n) is 7.13. The van der Waals surface area contributed by atoms with E-state index in [4.69, 9.17) is 5.73 Å². The zero-order valence-electron chi connectivity index (χ0n) is 12.3. The highest BCUT2D eigenvalue weighted by Gasteiger charge is 2.51. The number of nitrogens with two attached hydrogens (primary N) is 1. The second kappa shape index (κ2) is 4.89. The predicted octanol–water partition coefficient (Wildman–Crippen LogP) is 3.33. The molecule has 2 unspecified atom stereocenters. The van der Waals surface area contributed by atoms with Crippen molar-refractivity contribution in [2.24, 2.45) is 22.5 Å². The third-order valence-electron chi connectivity index (χ3n) is 5.60. The monoisotopic (exact) mass is 241 g/mol. The van der Waals surface area contributed by atoms with Gasteiger partial charge < -0.3 is 10.8 Å². The van der Waals surface area contributed by atoms with Crippen LogP contribution in [0.25, 0.3) is 0 Å². The predicted molar refractivity (Wildman–Crippen MR) is 73.8 cm³/mol. The summed E-state index contributed by atoms with van der Waals surface area (Å²) in [4.78, 5) is 0. The minimum Gasteiger partial charge on any atom is -0.389 e. The van der Waals surface area contributed by atoms with Gasteiger partial charge in [-0.2, -0.15) is 0 Å². The molecule has 0 saturated heterocycles. The van der Waals surface area contributed by atoms with Gasteiger partial charge in [-0.1, -0.05) is 34.1 Å². The van der Waals surface area contributed by atoms with Crippen molar-refractivity contribution in [1.82, 2.24) is 0 Å². The summed E-state index contributed by atoms with van der Waals surface area (Å²) in [7, 11) is 0. The smallest absolute Gasteiger partial charge is 0.0713 e. The molecule has 17 heavy (non-hydrogen) atoms. The maximum Gasteiger partial charge on any atom is 0.0713 e. The van der Waals surface area contributed by atoms with Gasteiger partial charge in [-0.25, -0.2) is 0 Å². The summed E-state index contributed by atoms with van der Waals surface area (Å²) < 4.78 is 0. The van der Waals surface area contributed by atoms with E-state index >= 15 is 0 Å². The van der Waals surface area contributed by atoms with Crippen LogP contribution in [0, 0.1) is 16.7 Å². The van der Waals surface area contributed by atoms with Gasteiger partial charge in [0.1, 0.15) is 0 Å². The Morgan fingerprint density at radius 3 is 2.06 bits per heavy atom. The van der Waals surface area contributed by atoms with Gasteiger partial charge in [0.05, 0.1) is 5.60 Å². The second-order valence-electron chi connectivity index (χ2n) is 7.11. The minimum absolute atomic E-state index is 0.0715. The molecule has 1 saturated carbocycles. The van der Waals surface area contributed by atoms with Gasteiger partial charge >= 0.3 is 0 Å². The van der Waals surface area contributed by atoms with Crippen molar-refractivity contribution in [3.05, 3.63) is 0 Å². The molecular formula is C15H31NO. The molecule has 0 heterocycles. The van der Waals surface area contributed by atoms with E-state index in [1.165, 1.54) is 12.8 Å². The van der Waals surface area contributed by atoms with Crippen LogP contribution >= 0.6 is 0 Å². The summed E-state index contributed by atoms with van der Waals surface area (Å²) in [6.45, 7) is 11.6. The Morgan fingerprint density at radius 2 is 1.71 bits per heavy atom. The lowest BCUT2D eigenvalue weighted by molar-refractivity contribution is -0.132. The van der Waals surface area contributed by atoms with E-state index in [-0.39, 0.29) is 5.41 Å². The Hall–Kier alpha value is -0.0800. The number of rotatable bonds is 4. The van der Waals surface area contributed by atoms with E-state index in [2.05, 4.69) is 27.7 Å². The lowest BCUT2D eigenvalue weighted by Crippen LogP contribution is -2.56. The summed E-state index contributed by atoms with van der Waals surface area (Å²) in [5.41, 5.74) is 5.76. The molecule has 0 aromatic carbocycles. The molecule has 0 aromatic rings. The lowest BCUT2D eigenvalue weighted by Gasteiger charge is -2.53. The molecular weight excluding hydrogens is 210 g/mol. The van der Waals surface area contributed by atoms with Crippen molar-refractivity contribution in [2.75, 3.05) is 6.54 Å². The molecule has 0 bridgehead atoms. The topological polar surface area (TPSA) is 46.2 Å². The molecule has 1 aliphatic carbocycles. The Labute approximate surface area is 107 Å². The number of hydrogen-bond donors (Lipinski definition) is 2. The van der Waals surface area contributed by atoms with Gasteiger partial charge in [-0.3, -0.25) is 0 Å². The highest BCUT2D eigenvalue weighted by atomic mass is 16.3. The van der Waals surface area contributed by atoms with Crippen LogP contribution in [0.1, 0.15) is 66.7 Å². The Bertz CT molecular complexity index is 248. The summed E-state index contributed by atoms with van der Waals surface area (Å²) in [5.74, 6) is 0.312. The van der Waals surface area contributed by atoms with Gasteiger partial charge in [0.15, 0.2) is 0 Å². The summed E-state index contributed by atoms with van der Waals surface area (Å²) in [5, 5.41) is 10.9. The maximum absolute atomic E-state index is 10.9. The fraction of sp³-hybridized carbons (Fsp3) is 1.00. The van der Waals surface area contributed by atoms with Gasteiger partial charge in [-0.15, -0.1) is 0 Å². The van der Waals surface area contributed by atoms with E-state index in [1.54, 1.807) is 0 Å². The van der Waals surface area contributed by atoms with Crippen LogP contribution < -0.4 is 5.73 Å². The summed E-state index contributed by atoms with van der Waals surface area (Å²) >= 11 is 0. The molecule has 2 nitrogen and oxygen atoms in total. The van der Waals surface area contributed by atoms with E-state index in [9.17, 15) is 5.11 Å². The lowest BCUT2D eigenvalue weighted by atomic mass is 9.56. The van der Waals surface area contributed by atoms with Crippen molar-refractivity contribution in [1.29, 1.82) is 0 Å². The largest absolute Gasteiger partial charge is 0.389 e. The van der Waals surface area contributed by atoms with Crippen molar-refractivity contribution in [3.63, 3.8) is 0 Å². The number of aliphatic hydroxyl groups is 1. The van der Waals surface area contributed by atoms with Gasteiger partial charge in [-0.05, 0) is 43.9 Å². The minimum atomic E-state index is -0.632. The molecule has 1 fully saturated rings. The molecule has 1 aliphatic rings. The van der Waals surface area contributed by atoms with Crippen molar-refractivity contribution < 1.29 is 5.11 Å². The van der Waals surface area contributed by atoms with Crippen molar-refractivity contribution in [3.8, 4) is 0 Å². The van der Waals surface area contributed by atoms with Gasteiger partial charge in [0.2, 0.25) is 0 Å². The molecule has 102 valence electrons. The van der Waals surface area contributed by atoms with Crippen LogP contribution in [0.15, 0.2) is 0 Å². The Balaban J connectivity index is 2.91. The first kappa shape index (κ1) is 15.0. The normalized spacial score (nSPS) is 28.4. The quantitative estimate of drug-likeness (QED) is 0.793. The van der Waals surface area contributed by atoms with E-state index < -0.39 is 5.60 Å². The molecule has 2 atom stereocenters. The summed E-state index contributed by atoms with van der Waals surface area (Å²) in [6.07, 6.45) is 5.49. The first-order valence-corrected chi connectivity index (χ1v) is 7.13. The first-order chi connectivity index (χ1) is 7.71. The zero-order valence-corrected chi connectivity index (χ0v) is 12.3. The molecule has 0 spiro atoms. The SMILES string of the molecule is CCC(C)C(C)(O)C1(CN)CCC(C)(C)CC1. The second-order valence-corrected chi connectivity index (χ2v) is 7.11. The van der Waals surface area contributed by atoms with E-state index in [0.717, 1.165) is 19.3 Å². The number of hydrogen-bond acceptors (Lipinski definition) is 2. The van der Waals surface area contributed by atoms with Gasteiger partial charge in [0.25, 0.3) is 0 Å².